The van der Waals surface area contributed by atoms with Crippen molar-refractivity contribution in [3.63, 3.8) is 0 Å². The van der Waals surface area contributed by atoms with Crippen molar-refractivity contribution in [3.8, 4) is 0 Å². The third-order valence-electron chi connectivity index (χ3n) is 3.55. The molecule has 3 rings (SSSR count). The minimum atomic E-state index is -0.151. The Bertz CT molecular complexity index is 758. The van der Waals surface area contributed by atoms with E-state index in [0.29, 0.717) is 6.54 Å². The van der Waals surface area contributed by atoms with Gasteiger partial charge in [0.05, 0.1) is 39.8 Å². The zero-order valence-electron chi connectivity index (χ0n) is 12.1. The van der Waals surface area contributed by atoms with Crippen LogP contribution in [0, 0.1) is 0 Å². The maximum Gasteiger partial charge on any atom is 0.0958 e. The number of imidazole rings is 1. The van der Waals surface area contributed by atoms with Crippen molar-refractivity contribution >= 4 is 27.0 Å². The largest absolute Gasteiger partial charge is 0.329 e. The molecule has 0 saturated heterocycles. The molecule has 2 aromatic heterocycles. The topological polar surface area (TPSA) is 61.7 Å². The smallest absolute Gasteiger partial charge is 0.0958 e. The van der Waals surface area contributed by atoms with Crippen molar-refractivity contribution in [2.45, 2.75) is 32.5 Å². The van der Waals surface area contributed by atoms with Gasteiger partial charge in [0.25, 0.3) is 0 Å². The minimum Gasteiger partial charge on any atom is -0.329 e. The molecular weight excluding hydrogens is 330 g/mol. The first-order chi connectivity index (χ1) is 10.1. The van der Waals surface area contributed by atoms with Crippen LogP contribution < -0.4 is 5.73 Å². The number of nitrogens with two attached hydrogens (primary N) is 1. The van der Waals surface area contributed by atoms with Crippen LogP contribution in [0.5, 0.6) is 0 Å². The third kappa shape index (κ3) is 2.61. The van der Waals surface area contributed by atoms with Crippen LogP contribution in [0.2, 0.25) is 0 Å². The number of halogens is 1. The first-order valence-electron chi connectivity index (χ1n) is 6.96. The Balaban J connectivity index is 1.93. The van der Waals surface area contributed by atoms with Gasteiger partial charge in [0.2, 0.25) is 0 Å². The third-order valence-corrected chi connectivity index (χ3v) is 4.16. The minimum absolute atomic E-state index is 0.151. The lowest BCUT2D eigenvalue weighted by Crippen LogP contribution is -2.22. The predicted molar refractivity (Wildman–Crippen MR) is 87.0 cm³/mol. The average molecular weight is 348 g/mol. The fourth-order valence-corrected chi connectivity index (χ4v) is 3.13. The molecule has 1 unspecified atom stereocenters. The molecule has 1 atom stereocenters. The van der Waals surface area contributed by atoms with E-state index in [-0.39, 0.29) is 12.1 Å². The summed E-state index contributed by atoms with van der Waals surface area (Å²) in [7, 11) is 0. The highest BCUT2D eigenvalue weighted by molar-refractivity contribution is 9.10. The summed E-state index contributed by atoms with van der Waals surface area (Å²) in [5.41, 5.74) is 9.52. The molecule has 0 aliphatic rings. The van der Waals surface area contributed by atoms with Crippen molar-refractivity contribution in [2.24, 2.45) is 5.73 Å². The Morgan fingerprint density at radius 1 is 1.29 bits per heavy atom. The van der Waals surface area contributed by atoms with Gasteiger partial charge < -0.3 is 10.3 Å². The molecule has 6 heteroatoms. The van der Waals surface area contributed by atoms with E-state index < -0.39 is 0 Å². The number of hydrogen-bond donors (Lipinski definition) is 1. The maximum absolute atomic E-state index is 6.42. The van der Waals surface area contributed by atoms with Crippen molar-refractivity contribution in [1.82, 2.24) is 19.3 Å². The maximum atomic E-state index is 6.42. The van der Waals surface area contributed by atoms with E-state index in [1.807, 2.05) is 29.2 Å². The number of hydrogen-bond acceptors (Lipinski definition) is 3. The number of nitrogens with zero attached hydrogens (tertiary/aromatic N) is 4. The van der Waals surface area contributed by atoms with Crippen LogP contribution >= 0.6 is 15.9 Å². The number of rotatable bonds is 4. The summed E-state index contributed by atoms with van der Waals surface area (Å²) in [5, 5.41) is 4.39. The summed E-state index contributed by atoms with van der Waals surface area (Å²) in [5.74, 6) is 0. The number of para-hydroxylation sites is 2. The molecule has 0 aliphatic carbocycles. The zero-order chi connectivity index (χ0) is 15.0. The average Bonchev–Trinajstić information content (AvgIpc) is 3.03. The lowest BCUT2D eigenvalue weighted by molar-refractivity contribution is 0.464. The first kappa shape index (κ1) is 14.3. The zero-order valence-corrected chi connectivity index (χ0v) is 13.7. The van der Waals surface area contributed by atoms with E-state index >= 15 is 0 Å². The molecule has 2 N–H and O–H groups in total. The van der Waals surface area contributed by atoms with E-state index in [0.717, 1.165) is 21.2 Å². The van der Waals surface area contributed by atoms with Crippen molar-refractivity contribution in [1.29, 1.82) is 0 Å². The molecule has 0 saturated carbocycles. The highest BCUT2D eigenvalue weighted by Crippen LogP contribution is 2.26. The highest BCUT2D eigenvalue weighted by atomic mass is 79.9. The van der Waals surface area contributed by atoms with Gasteiger partial charge in [0, 0.05) is 12.6 Å². The molecule has 0 amide bonds. The fourth-order valence-electron chi connectivity index (χ4n) is 2.56. The standard InChI is InChI=1S/C15H18BrN5/c1-10(2)21-15(11(16)7-19-21)12(17)8-20-9-18-13-5-3-4-6-14(13)20/h3-7,9-10,12H,8,17H2,1-2H3. The van der Waals surface area contributed by atoms with Crippen molar-refractivity contribution in [2.75, 3.05) is 0 Å². The lowest BCUT2D eigenvalue weighted by atomic mass is 10.2. The van der Waals surface area contributed by atoms with Crippen LogP contribution in [0.25, 0.3) is 11.0 Å². The molecule has 0 radical (unpaired) electrons. The summed E-state index contributed by atoms with van der Waals surface area (Å²) >= 11 is 3.55. The predicted octanol–water partition coefficient (Wildman–Crippen LogP) is 3.28. The van der Waals surface area contributed by atoms with Crippen molar-refractivity contribution in [3.05, 3.63) is 47.0 Å². The molecule has 21 heavy (non-hydrogen) atoms. The number of aromatic nitrogens is 4. The van der Waals surface area contributed by atoms with Gasteiger partial charge in [-0.15, -0.1) is 0 Å². The first-order valence-corrected chi connectivity index (χ1v) is 7.75. The van der Waals surface area contributed by atoms with Crippen LogP contribution in [0.1, 0.15) is 31.6 Å². The van der Waals surface area contributed by atoms with Gasteiger partial charge in [0.1, 0.15) is 0 Å². The van der Waals surface area contributed by atoms with E-state index in [1.165, 1.54) is 0 Å². The van der Waals surface area contributed by atoms with Crippen LogP contribution in [0.3, 0.4) is 0 Å². The Hall–Kier alpha value is -1.66. The monoisotopic (exact) mass is 347 g/mol. The molecule has 0 spiro atoms. The van der Waals surface area contributed by atoms with Gasteiger partial charge >= 0.3 is 0 Å². The van der Waals surface area contributed by atoms with Gasteiger partial charge in [-0.05, 0) is 41.9 Å². The molecule has 1 aromatic carbocycles. The van der Waals surface area contributed by atoms with Gasteiger partial charge in [-0.1, -0.05) is 12.1 Å². The molecule has 0 bridgehead atoms. The fraction of sp³-hybridized carbons (Fsp3) is 0.333. The van der Waals surface area contributed by atoms with E-state index in [9.17, 15) is 0 Å². The Morgan fingerprint density at radius 2 is 2.05 bits per heavy atom. The normalized spacial score (nSPS) is 13.2. The second-order valence-corrected chi connectivity index (χ2v) is 6.26. The van der Waals surface area contributed by atoms with Crippen LogP contribution in [0.4, 0.5) is 0 Å². The summed E-state index contributed by atoms with van der Waals surface area (Å²) in [4.78, 5) is 4.41. The van der Waals surface area contributed by atoms with E-state index in [4.69, 9.17) is 5.73 Å². The van der Waals surface area contributed by atoms with Gasteiger partial charge in [-0.3, -0.25) is 4.68 Å². The highest BCUT2D eigenvalue weighted by Gasteiger charge is 2.19. The van der Waals surface area contributed by atoms with Crippen molar-refractivity contribution < 1.29 is 0 Å². The lowest BCUT2D eigenvalue weighted by Gasteiger charge is -2.18. The summed E-state index contributed by atoms with van der Waals surface area (Å²) < 4.78 is 5.01. The molecule has 0 aliphatic heterocycles. The Labute approximate surface area is 131 Å². The molecule has 110 valence electrons. The SMILES string of the molecule is CC(C)n1ncc(Br)c1C(N)Cn1cnc2ccccc21. The Kier molecular flexibility index (Phi) is 3.82. The second kappa shape index (κ2) is 5.61. The van der Waals surface area contributed by atoms with Gasteiger partial charge in [-0.2, -0.15) is 5.10 Å². The summed E-state index contributed by atoms with van der Waals surface area (Å²) in [6.07, 6.45) is 3.65. The summed E-state index contributed by atoms with van der Waals surface area (Å²) in [6, 6.07) is 8.19. The molecule has 5 nitrogen and oxygen atoms in total. The molecule has 0 fully saturated rings. The quantitative estimate of drug-likeness (QED) is 0.787. The number of benzene rings is 1. The van der Waals surface area contributed by atoms with E-state index in [1.54, 1.807) is 6.20 Å². The molecule has 2 heterocycles. The summed E-state index contributed by atoms with van der Waals surface area (Å²) in [6.45, 7) is 4.86. The van der Waals surface area contributed by atoms with Crippen LogP contribution in [-0.2, 0) is 6.54 Å². The second-order valence-electron chi connectivity index (χ2n) is 5.41. The Morgan fingerprint density at radius 3 is 2.81 bits per heavy atom. The molecular formula is C15H18BrN5. The van der Waals surface area contributed by atoms with Gasteiger partial charge in [0.15, 0.2) is 0 Å². The van der Waals surface area contributed by atoms with Crippen LogP contribution in [0.15, 0.2) is 41.3 Å². The van der Waals surface area contributed by atoms with Gasteiger partial charge in [-0.25, -0.2) is 4.98 Å². The van der Waals surface area contributed by atoms with E-state index in [2.05, 4.69) is 50.5 Å². The molecule has 3 aromatic rings. The number of fused-ring (bicyclic) bond motifs is 1. The van der Waals surface area contributed by atoms with Crippen LogP contribution in [-0.4, -0.2) is 19.3 Å².